The van der Waals surface area contributed by atoms with Crippen LogP contribution in [0.25, 0.3) is 0 Å². The zero-order valence-corrected chi connectivity index (χ0v) is 30.7. The highest BCUT2D eigenvalue weighted by Crippen LogP contribution is 2.37. The number of rotatable bonds is 18. The Morgan fingerprint density at radius 3 is 0.938 bits per heavy atom. The minimum atomic E-state index is -2.55. The zero-order valence-electron chi connectivity index (χ0n) is 19.1. The molecule has 0 spiro atoms. The first kappa shape index (κ1) is 37.9. The van der Waals surface area contributed by atoms with Crippen molar-refractivity contribution >= 4 is 136 Å². The van der Waals surface area contributed by atoms with Crippen molar-refractivity contribution in [3.63, 3.8) is 0 Å². The summed E-state index contributed by atoms with van der Waals surface area (Å²) in [6, 6.07) is -0.631. The van der Waals surface area contributed by atoms with E-state index in [0.717, 1.165) is 24.9 Å². The van der Waals surface area contributed by atoms with Crippen LogP contribution in [0.5, 0.6) is 0 Å². The van der Waals surface area contributed by atoms with Crippen LogP contribution in [0.15, 0.2) is 0 Å². The van der Waals surface area contributed by atoms with E-state index < -0.39 is 25.4 Å². The van der Waals surface area contributed by atoms with E-state index in [2.05, 4.69) is 13.8 Å². The average molecular weight is 721 g/mol. The lowest BCUT2D eigenvalue weighted by Crippen LogP contribution is -2.22. The molecule has 0 aromatic heterocycles. The summed E-state index contributed by atoms with van der Waals surface area (Å²) in [4.78, 5) is 0. The van der Waals surface area contributed by atoms with Gasteiger partial charge >= 0.3 is 12.0 Å². The normalized spacial score (nSPS) is 13.1. The third kappa shape index (κ3) is 31.8. The van der Waals surface area contributed by atoms with Crippen LogP contribution >= 0.6 is 111 Å². The second-order valence-corrected chi connectivity index (χ2v) is 42.1. The predicted molar refractivity (Wildman–Crippen MR) is 168 cm³/mol. The molecule has 0 saturated heterocycles. The fourth-order valence-electron chi connectivity index (χ4n) is 2.87. The third-order valence-corrected chi connectivity index (χ3v) is 19.5. The highest BCUT2D eigenvalue weighted by atomic mass is 35.8. The number of unbranched alkanes of at least 4 members (excludes halogenated alkanes) is 8. The monoisotopic (exact) mass is 716 g/mol. The number of hydrogen-bond donors (Lipinski definition) is 0. The van der Waals surface area contributed by atoms with Crippen LogP contribution in [0.4, 0.5) is 0 Å². The molecule has 0 aromatic carbocycles. The molecule has 0 aliphatic heterocycles. The minimum absolute atomic E-state index is 0.588. The van der Waals surface area contributed by atoms with Gasteiger partial charge in [-0.2, -0.15) is 0 Å². The van der Waals surface area contributed by atoms with Crippen molar-refractivity contribution < 1.29 is 0 Å². The molecule has 14 heteroatoms. The van der Waals surface area contributed by atoms with Crippen LogP contribution in [0.3, 0.4) is 0 Å². The van der Waals surface area contributed by atoms with Gasteiger partial charge < -0.3 is 0 Å². The third-order valence-electron chi connectivity index (χ3n) is 4.84. The van der Waals surface area contributed by atoms with E-state index >= 15 is 0 Å². The largest absolute Gasteiger partial charge is 0.341 e. The molecule has 0 unspecified atom stereocenters. The molecular weight excluding hydrogens is 683 g/mol. The molecule has 0 saturated carbocycles. The van der Waals surface area contributed by atoms with Crippen LogP contribution in [0.1, 0.15) is 78.1 Å². The average Bonchev–Trinajstić information content (AvgIpc) is 2.65. The van der Waals surface area contributed by atoms with Crippen LogP contribution in [-0.2, 0) is 0 Å². The summed E-state index contributed by atoms with van der Waals surface area (Å²) in [6.45, 7) is 0.106. The van der Waals surface area contributed by atoms with Crippen molar-refractivity contribution in [3.05, 3.63) is 0 Å². The smallest absolute Gasteiger partial charge is 0.146 e. The van der Waals surface area contributed by atoms with Crippen molar-refractivity contribution in [2.24, 2.45) is 0 Å². The summed E-state index contributed by atoms with van der Waals surface area (Å²) >= 11 is 60.1. The van der Waals surface area contributed by atoms with Crippen molar-refractivity contribution in [1.29, 1.82) is 0 Å². The standard InChI is InChI=1S/C10H21Cl5Si2.C8H17Cl5Si2/c1-2-3-4-5-6-7-8-16(11,12)9-10-17(13,14)15;1-2-3-4-5-6-14(9,10)7-8-15(11,12)13/h2-10H2,1H3;2-8H2,1H3. The molecule has 0 fully saturated rings. The lowest BCUT2D eigenvalue weighted by Gasteiger charge is -2.18. The maximum Gasteiger partial charge on any atom is 0.341 e. The molecule has 0 aromatic rings. The molecule has 0 aliphatic rings. The van der Waals surface area contributed by atoms with E-state index in [1.807, 2.05) is 0 Å². The fourth-order valence-corrected chi connectivity index (χ4v) is 20.2. The van der Waals surface area contributed by atoms with Gasteiger partial charge in [0, 0.05) is 0 Å². The lowest BCUT2D eigenvalue weighted by molar-refractivity contribution is 0.623. The summed E-state index contributed by atoms with van der Waals surface area (Å²) in [7, 11) is 0. The Balaban J connectivity index is 0. The van der Waals surface area contributed by atoms with E-state index in [1.54, 1.807) is 0 Å². The van der Waals surface area contributed by atoms with Gasteiger partial charge in [0.05, 0.1) is 0 Å². The first-order chi connectivity index (χ1) is 14.5. The topological polar surface area (TPSA) is 0 Å². The molecule has 0 aliphatic carbocycles. The van der Waals surface area contributed by atoms with Gasteiger partial charge in [-0.15, -0.1) is 111 Å². The molecule has 32 heavy (non-hydrogen) atoms. The number of hydrogen-bond acceptors (Lipinski definition) is 0. The van der Waals surface area contributed by atoms with E-state index in [9.17, 15) is 0 Å². The van der Waals surface area contributed by atoms with E-state index in [-0.39, 0.29) is 0 Å². The summed E-state index contributed by atoms with van der Waals surface area (Å²) in [6.07, 6.45) is 12.3. The molecule has 0 radical (unpaired) electrons. The lowest BCUT2D eigenvalue weighted by atomic mass is 10.1. The first-order valence-electron chi connectivity index (χ1n) is 11.4. The molecule has 0 heterocycles. The molecule has 0 bridgehead atoms. The van der Waals surface area contributed by atoms with Crippen molar-refractivity contribution in [3.8, 4) is 0 Å². The van der Waals surface area contributed by atoms with E-state index in [4.69, 9.17) is 111 Å². The second kappa shape index (κ2) is 20.7. The highest BCUT2D eigenvalue weighted by molar-refractivity contribution is 7.65. The van der Waals surface area contributed by atoms with Gasteiger partial charge in [0.15, 0.2) is 0 Å². The van der Waals surface area contributed by atoms with E-state index in [0.29, 0.717) is 24.2 Å². The molecule has 0 atom stereocenters. The second-order valence-electron chi connectivity index (χ2n) is 8.27. The molecule has 0 amide bonds. The van der Waals surface area contributed by atoms with Crippen molar-refractivity contribution in [1.82, 2.24) is 0 Å². The Kier molecular flexibility index (Phi) is 24.5. The van der Waals surface area contributed by atoms with Crippen molar-refractivity contribution in [2.45, 2.75) is 114 Å². The summed E-state index contributed by atoms with van der Waals surface area (Å²) < 4.78 is 0. The van der Waals surface area contributed by atoms with Crippen LogP contribution < -0.4 is 0 Å². The fraction of sp³-hybridized carbons (Fsp3) is 1.00. The first-order valence-corrected chi connectivity index (χ1v) is 30.8. The highest BCUT2D eigenvalue weighted by Gasteiger charge is 2.35. The zero-order chi connectivity index (χ0) is 25.3. The van der Waals surface area contributed by atoms with Crippen molar-refractivity contribution in [2.75, 3.05) is 0 Å². The Morgan fingerprint density at radius 2 is 0.625 bits per heavy atom. The predicted octanol–water partition coefficient (Wildman–Crippen LogP) is 13.1. The van der Waals surface area contributed by atoms with Gasteiger partial charge in [0.2, 0.25) is 0 Å². The molecule has 0 rings (SSSR count). The van der Waals surface area contributed by atoms with Crippen LogP contribution in [0, 0.1) is 0 Å². The molecule has 0 nitrogen and oxygen atoms in total. The Bertz CT molecular complexity index is 442. The SMILES string of the molecule is CCCCCCCC[Si](Cl)(Cl)CC[Si](Cl)(Cl)Cl.CCCCCC[Si](Cl)(Cl)CC[Si](Cl)(Cl)Cl. The number of halogens is 10. The maximum atomic E-state index is 6.33. The van der Waals surface area contributed by atoms with Crippen LogP contribution in [-0.4, -0.2) is 25.4 Å². The van der Waals surface area contributed by atoms with Gasteiger partial charge in [-0.05, 0) is 36.3 Å². The quantitative estimate of drug-likeness (QED) is 0.0751. The van der Waals surface area contributed by atoms with Gasteiger partial charge in [-0.3, -0.25) is 0 Å². The molecular formula is C18H38Cl10Si4. The molecule has 196 valence electrons. The minimum Gasteiger partial charge on any atom is -0.146 e. The summed E-state index contributed by atoms with van der Waals surface area (Å²) in [5.74, 6) is 0. The van der Waals surface area contributed by atoms with Crippen LogP contribution in [0.2, 0.25) is 36.3 Å². The maximum absolute atomic E-state index is 6.33. The Hall–Kier alpha value is 3.77. The Morgan fingerprint density at radius 1 is 0.344 bits per heavy atom. The van der Waals surface area contributed by atoms with E-state index in [1.165, 1.54) is 51.4 Å². The van der Waals surface area contributed by atoms with Gasteiger partial charge in [-0.1, -0.05) is 78.1 Å². The van der Waals surface area contributed by atoms with Gasteiger partial charge in [0.1, 0.15) is 0 Å². The van der Waals surface area contributed by atoms with Gasteiger partial charge in [-0.25, -0.2) is 0 Å². The summed E-state index contributed by atoms with van der Waals surface area (Å²) in [5, 5.41) is 0. The molecule has 0 N–H and O–H groups in total. The summed E-state index contributed by atoms with van der Waals surface area (Å²) in [5.41, 5.74) is 0. The van der Waals surface area contributed by atoms with Gasteiger partial charge in [0.25, 0.3) is 13.4 Å². The Labute approximate surface area is 248 Å².